The van der Waals surface area contributed by atoms with Gasteiger partial charge in [0.1, 0.15) is 11.4 Å². The van der Waals surface area contributed by atoms with Crippen LogP contribution >= 0.6 is 0 Å². The molecule has 1 aromatic carbocycles. The minimum atomic E-state index is -0.700. The summed E-state index contributed by atoms with van der Waals surface area (Å²) in [6.45, 7) is 0. The van der Waals surface area contributed by atoms with E-state index in [9.17, 15) is 14.4 Å². The average molecular weight is 327 g/mol. The molecule has 0 atom stereocenters. The lowest BCUT2D eigenvalue weighted by molar-refractivity contribution is -0.140. The standard InChI is InChI=1S/C17H17N3O4/c1-24-15(21)9-8-11-4-2-5-12(10-11)19-17(23)14-7-3-6-13(20-14)16(18)22/h2-7,10H,8-9H2,1H3,(H2,18,22)(H,19,23). The zero-order valence-corrected chi connectivity index (χ0v) is 13.1. The summed E-state index contributed by atoms with van der Waals surface area (Å²) >= 11 is 0. The molecule has 0 saturated carbocycles. The first-order chi connectivity index (χ1) is 11.5. The van der Waals surface area contributed by atoms with Gasteiger partial charge in [0.15, 0.2) is 0 Å². The van der Waals surface area contributed by atoms with Gasteiger partial charge in [0.2, 0.25) is 0 Å². The van der Waals surface area contributed by atoms with Crippen molar-refractivity contribution in [3.63, 3.8) is 0 Å². The van der Waals surface area contributed by atoms with E-state index in [1.54, 1.807) is 18.2 Å². The molecule has 124 valence electrons. The van der Waals surface area contributed by atoms with Crippen LogP contribution in [0.25, 0.3) is 0 Å². The fraction of sp³-hybridized carbons (Fsp3) is 0.176. The van der Waals surface area contributed by atoms with Crippen molar-refractivity contribution in [2.45, 2.75) is 12.8 Å². The lowest BCUT2D eigenvalue weighted by atomic mass is 10.1. The molecule has 2 amide bonds. The Labute approximate surface area is 138 Å². The molecule has 7 heteroatoms. The predicted octanol–water partition coefficient (Wildman–Crippen LogP) is 1.54. The Morgan fingerprint density at radius 3 is 2.54 bits per heavy atom. The third-order valence-corrected chi connectivity index (χ3v) is 3.26. The number of hydrogen-bond donors (Lipinski definition) is 2. The highest BCUT2D eigenvalue weighted by Crippen LogP contribution is 2.14. The zero-order chi connectivity index (χ0) is 17.5. The number of amides is 2. The number of ether oxygens (including phenoxy) is 1. The van der Waals surface area contributed by atoms with Gasteiger partial charge in [0.05, 0.1) is 7.11 Å². The molecule has 24 heavy (non-hydrogen) atoms. The summed E-state index contributed by atoms with van der Waals surface area (Å²) < 4.78 is 4.60. The van der Waals surface area contributed by atoms with Crippen LogP contribution < -0.4 is 11.1 Å². The number of anilines is 1. The number of esters is 1. The van der Waals surface area contributed by atoms with Crippen LogP contribution in [-0.2, 0) is 16.0 Å². The summed E-state index contributed by atoms with van der Waals surface area (Å²) in [5.74, 6) is -1.45. The van der Waals surface area contributed by atoms with E-state index >= 15 is 0 Å². The number of pyridine rings is 1. The maximum Gasteiger partial charge on any atom is 0.305 e. The van der Waals surface area contributed by atoms with Crippen LogP contribution in [0.1, 0.15) is 33.0 Å². The number of nitrogens with zero attached hydrogens (tertiary/aromatic N) is 1. The van der Waals surface area contributed by atoms with Crippen molar-refractivity contribution in [2.75, 3.05) is 12.4 Å². The molecule has 0 unspecified atom stereocenters. The highest BCUT2D eigenvalue weighted by molar-refractivity contribution is 6.03. The van der Waals surface area contributed by atoms with Gasteiger partial charge in [0, 0.05) is 12.1 Å². The fourth-order valence-corrected chi connectivity index (χ4v) is 2.05. The van der Waals surface area contributed by atoms with Crippen LogP contribution in [0.2, 0.25) is 0 Å². The Kier molecular flexibility index (Phi) is 5.62. The van der Waals surface area contributed by atoms with Crippen LogP contribution in [0.15, 0.2) is 42.5 Å². The lowest BCUT2D eigenvalue weighted by Gasteiger charge is -2.07. The minimum absolute atomic E-state index is 0.0227. The number of primary amides is 1. The second-order valence-electron chi connectivity index (χ2n) is 5.00. The number of carbonyl (C=O) groups excluding carboxylic acids is 3. The largest absolute Gasteiger partial charge is 0.469 e. The van der Waals surface area contributed by atoms with Gasteiger partial charge >= 0.3 is 5.97 Å². The zero-order valence-electron chi connectivity index (χ0n) is 13.1. The number of hydrogen-bond acceptors (Lipinski definition) is 5. The summed E-state index contributed by atoms with van der Waals surface area (Å²) in [7, 11) is 1.34. The van der Waals surface area contributed by atoms with Gasteiger partial charge in [-0.3, -0.25) is 14.4 Å². The van der Waals surface area contributed by atoms with Gasteiger partial charge in [-0.1, -0.05) is 18.2 Å². The van der Waals surface area contributed by atoms with E-state index in [0.29, 0.717) is 12.1 Å². The third kappa shape index (κ3) is 4.64. The SMILES string of the molecule is COC(=O)CCc1cccc(NC(=O)c2cccc(C(N)=O)n2)c1. The summed E-state index contributed by atoms with van der Waals surface area (Å²) in [6.07, 6.45) is 0.766. The second-order valence-corrected chi connectivity index (χ2v) is 5.00. The van der Waals surface area contributed by atoms with Crippen LogP contribution in [0, 0.1) is 0 Å². The Hall–Kier alpha value is -3.22. The van der Waals surface area contributed by atoms with Crippen LogP contribution in [-0.4, -0.2) is 29.9 Å². The molecule has 2 aromatic rings. The third-order valence-electron chi connectivity index (χ3n) is 3.26. The van der Waals surface area contributed by atoms with Gasteiger partial charge in [0.25, 0.3) is 11.8 Å². The Bertz CT molecular complexity index is 774. The highest BCUT2D eigenvalue weighted by atomic mass is 16.5. The molecule has 1 aromatic heterocycles. The average Bonchev–Trinajstić information content (AvgIpc) is 2.60. The van der Waals surface area contributed by atoms with Crippen molar-refractivity contribution in [1.29, 1.82) is 0 Å². The summed E-state index contributed by atoms with van der Waals surface area (Å²) in [6, 6.07) is 11.6. The first-order valence-electron chi connectivity index (χ1n) is 7.23. The maximum atomic E-state index is 12.2. The van der Waals surface area contributed by atoms with Crippen molar-refractivity contribution in [2.24, 2.45) is 5.73 Å². The van der Waals surface area contributed by atoms with Crippen molar-refractivity contribution in [3.05, 3.63) is 59.4 Å². The summed E-state index contributed by atoms with van der Waals surface area (Å²) in [4.78, 5) is 38.4. The van der Waals surface area contributed by atoms with E-state index in [1.165, 1.54) is 25.3 Å². The molecule has 2 rings (SSSR count). The smallest absolute Gasteiger partial charge is 0.305 e. The van der Waals surface area contributed by atoms with E-state index < -0.39 is 11.8 Å². The topological polar surface area (TPSA) is 111 Å². The Balaban J connectivity index is 2.07. The van der Waals surface area contributed by atoms with Crippen molar-refractivity contribution >= 4 is 23.5 Å². The number of carbonyl (C=O) groups is 3. The van der Waals surface area contributed by atoms with E-state index in [0.717, 1.165) is 5.56 Å². The van der Waals surface area contributed by atoms with Gasteiger partial charge in [-0.2, -0.15) is 0 Å². The first kappa shape index (κ1) is 17.1. The van der Waals surface area contributed by atoms with E-state index in [1.807, 2.05) is 6.07 Å². The summed E-state index contributed by atoms with van der Waals surface area (Å²) in [5.41, 5.74) is 6.72. The van der Waals surface area contributed by atoms with Crippen LogP contribution in [0.3, 0.4) is 0 Å². The Morgan fingerprint density at radius 1 is 1.12 bits per heavy atom. The number of aryl methyl sites for hydroxylation is 1. The van der Waals surface area contributed by atoms with Crippen LogP contribution in [0.5, 0.6) is 0 Å². The highest BCUT2D eigenvalue weighted by Gasteiger charge is 2.11. The minimum Gasteiger partial charge on any atom is -0.469 e. The Morgan fingerprint density at radius 2 is 1.83 bits per heavy atom. The van der Waals surface area contributed by atoms with Gasteiger partial charge in [-0.25, -0.2) is 4.98 Å². The quantitative estimate of drug-likeness (QED) is 0.782. The van der Waals surface area contributed by atoms with E-state index in [2.05, 4.69) is 15.0 Å². The molecule has 0 aliphatic heterocycles. The first-order valence-corrected chi connectivity index (χ1v) is 7.23. The van der Waals surface area contributed by atoms with Crippen molar-refractivity contribution in [3.8, 4) is 0 Å². The molecule has 0 saturated heterocycles. The molecule has 0 aliphatic rings. The molecule has 0 aliphatic carbocycles. The normalized spacial score (nSPS) is 10.0. The van der Waals surface area contributed by atoms with E-state index in [-0.39, 0.29) is 23.8 Å². The number of nitrogens with one attached hydrogen (secondary N) is 1. The molecule has 1 heterocycles. The second kappa shape index (κ2) is 7.87. The molecular formula is C17H17N3O4. The van der Waals surface area contributed by atoms with Gasteiger partial charge in [-0.05, 0) is 36.2 Å². The number of rotatable bonds is 6. The van der Waals surface area contributed by atoms with E-state index in [4.69, 9.17) is 5.73 Å². The number of nitrogens with two attached hydrogens (primary N) is 1. The molecule has 3 N–H and O–H groups in total. The molecular weight excluding hydrogens is 310 g/mol. The number of methoxy groups -OCH3 is 1. The lowest BCUT2D eigenvalue weighted by Crippen LogP contribution is -2.18. The number of benzene rings is 1. The predicted molar refractivity (Wildman–Crippen MR) is 87.5 cm³/mol. The maximum absolute atomic E-state index is 12.2. The van der Waals surface area contributed by atoms with Gasteiger partial charge < -0.3 is 15.8 Å². The number of aromatic nitrogens is 1. The fourth-order valence-electron chi connectivity index (χ4n) is 2.05. The molecule has 0 radical (unpaired) electrons. The monoisotopic (exact) mass is 327 g/mol. The van der Waals surface area contributed by atoms with Crippen molar-refractivity contribution in [1.82, 2.24) is 4.98 Å². The molecule has 0 fully saturated rings. The summed E-state index contributed by atoms with van der Waals surface area (Å²) in [5, 5.41) is 2.70. The van der Waals surface area contributed by atoms with Gasteiger partial charge in [-0.15, -0.1) is 0 Å². The molecule has 7 nitrogen and oxygen atoms in total. The van der Waals surface area contributed by atoms with Crippen molar-refractivity contribution < 1.29 is 19.1 Å². The molecule has 0 bridgehead atoms. The van der Waals surface area contributed by atoms with Crippen LogP contribution in [0.4, 0.5) is 5.69 Å². The molecule has 0 spiro atoms.